The molecule has 0 aliphatic rings. The zero-order valence-corrected chi connectivity index (χ0v) is 10.0. The molecule has 6 heteroatoms. The van der Waals surface area contributed by atoms with E-state index in [1.54, 1.807) is 31.4 Å². The molecule has 0 aliphatic carbocycles. The fourth-order valence-corrected chi connectivity index (χ4v) is 1.22. The lowest BCUT2D eigenvalue weighted by Crippen LogP contribution is -2.15. The van der Waals surface area contributed by atoms with Gasteiger partial charge < -0.3 is 19.9 Å². The van der Waals surface area contributed by atoms with Crippen LogP contribution in [-0.4, -0.2) is 37.3 Å². The molecule has 0 aromatic heterocycles. The number of amides is 1. The monoisotopic (exact) mass is 253 g/mol. The van der Waals surface area contributed by atoms with Crippen LogP contribution in [0.3, 0.4) is 0 Å². The highest BCUT2D eigenvalue weighted by atomic mass is 16.5. The van der Waals surface area contributed by atoms with E-state index < -0.39 is 18.3 Å². The lowest BCUT2D eigenvalue weighted by molar-refractivity contribution is -0.139. The summed E-state index contributed by atoms with van der Waals surface area (Å²) in [7, 11) is 1.59. The average Bonchev–Trinajstić information content (AvgIpc) is 2.30. The molecule has 0 heterocycles. The maximum atomic E-state index is 11.2. The summed E-state index contributed by atoms with van der Waals surface area (Å²) in [5.74, 6) is -1.06. The van der Waals surface area contributed by atoms with Crippen LogP contribution in [-0.2, 0) is 14.3 Å². The van der Waals surface area contributed by atoms with Crippen LogP contribution in [0.1, 0.15) is 6.42 Å². The van der Waals surface area contributed by atoms with Crippen molar-refractivity contribution >= 4 is 17.6 Å². The third-order valence-electron chi connectivity index (χ3n) is 2.01. The van der Waals surface area contributed by atoms with Gasteiger partial charge in [0.1, 0.15) is 18.8 Å². The third-order valence-corrected chi connectivity index (χ3v) is 2.01. The van der Waals surface area contributed by atoms with Gasteiger partial charge in [0, 0.05) is 12.8 Å². The Hall–Kier alpha value is -2.08. The Balaban J connectivity index is 2.44. The average molecular weight is 253 g/mol. The van der Waals surface area contributed by atoms with Crippen molar-refractivity contribution in [3.63, 3.8) is 0 Å². The first-order valence-electron chi connectivity index (χ1n) is 5.35. The van der Waals surface area contributed by atoms with E-state index in [1.807, 2.05) is 0 Å². The maximum Gasteiger partial charge on any atom is 0.312 e. The quantitative estimate of drug-likeness (QED) is 0.562. The minimum absolute atomic E-state index is 0.446. The van der Waals surface area contributed by atoms with Crippen LogP contribution in [0.5, 0.6) is 5.75 Å². The first-order chi connectivity index (χ1) is 8.61. The second kappa shape index (κ2) is 7.29. The Morgan fingerprint density at radius 2 is 1.89 bits per heavy atom. The maximum absolute atomic E-state index is 11.2. The van der Waals surface area contributed by atoms with Crippen LogP contribution in [0.15, 0.2) is 24.3 Å². The van der Waals surface area contributed by atoms with Crippen molar-refractivity contribution in [2.24, 2.45) is 0 Å². The van der Waals surface area contributed by atoms with E-state index in [1.165, 1.54) is 0 Å². The summed E-state index contributed by atoms with van der Waals surface area (Å²) < 4.78 is 10.2. The number of rotatable bonds is 7. The smallest absolute Gasteiger partial charge is 0.312 e. The van der Waals surface area contributed by atoms with E-state index in [0.717, 1.165) is 0 Å². The Kier molecular flexibility index (Phi) is 5.66. The molecule has 0 unspecified atom stereocenters. The predicted octanol–water partition coefficient (Wildman–Crippen LogP) is 1.12. The second-order valence-corrected chi connectivity index (χ2v) is 3.48. The molecule has 0 spiro atoms. The Bertz CT molecular complexity index is 401. The molecular formula is C12H15NO5. The number of carbonyl (C=O) groups is 2. The molecule has 0 bridgehead atoms. The van der Waals surface area contributed by atoms with Gasteiger partial charge in [-0.15, -0.1) is 0 Å². The number of carboxylic acid groups (broad SMARTS) is 1. The van der Waals surface area contributed by atoms with E-state index in [-0.39, 0.29) is 0 Å². The molecule has 1 rings (SSSR count). The fourth-order valence-electron chi connectivity index (χ4n) is 1.22. The number of carbonyl (C=O) groups excluding carboxylic acids is 1. The van der Waals surface area contributed by atoms with E-state index in [4.69, 9.17) is 14.6 Å². The van der Waals surface area contributed by atoms with Gasteiger partial charge in [-0.1, -0.05) is 0 Å². The standard InChI is InChI=1S/C12H15NO5/c1-17-6-7-18-10-4-2-9(3-5-10)13-11(14)8-12(15)16/h2-5H,6-8H2,1H3,(H,13,14)(H,15,16). The molecule has 0 radical (unpaired) electrons. The van der Waals surface area contributed by atoms with Crippen molar-refractivity contribution in [2.45, 2.75) is 6.42 Å². The Morgan fingerprint density at radius 3 is 2.44 bits per heavy atom. The highest BCUT2D eigenvalue weighted by Gasteiger charge is 2.07. The molecule has 18 heavy (non-hydrogen) atoms. The molecule has 0 saturated carbocycles. The summed E-state index contributed by atoms with van der Waals surface area (Å²) in [5.41, 5.74) is 0.528. The summed E-state index contributed by atoms with van der Waals surface area (Å²) in [6.45, 7) is 0.943. The van der Waals surface area contributed by atoms with E-state index >= 15 is 0 Å². The molecule has 0 atom stereocenters. The van der Waals surface area contributed by atoms with Gasteiger partial charge in [-0.25, -0.2) is 0 Å². The van der Waals surface area contributed by atoms with Crippen LogP contribution >= 0.6 is 0 Å². The molecule has 0 aliphatic heterocycles. The number of methoxy groups -OCH3 is 1. The van der Waals surface area contributed by atoms with Crippen molar-refractivity contribution < 1.29 is 24.2 Å². The predicted molar refractivity (Wildman–Crippen MR) is 64.7 cm³/mol. The van der Waals surface area contributed by atoms with Crippen molar-refractivity contribution in [2.75, 3.05) is 25.6 Å². The minimum Gasteiger partial charge on any atom is -0.491 e. The van der Waals surface area contributed by atoms with Gasteiger partial charge >= 0.3 is 5.97 Å². The van der Waals surface area contributed by atoms with Crippen molar-refractivity contribution in [3.05, 3.63) is 24.3 Å². The highest BCUT2D eigenvalue weighted by Crippen LogP contribution is 2.15. The molecule has 1 amide bonds. The van der Waals surface area contributed by atoms with Gasteiger partial charge in [0.15, 0.2) is 0 Å². The summed E-state index contributed by atoms with van der Waals surface area (Å²) >= 11 is 0. The summed E-state index contributed by atoms with van der Waals surface area (Å²) in [5, 5.41) is 10.9. The lowest BCUT2D eigenvalue weighted by atomic mass is 10.3. The van der Waals surface area contributed by atoms with E-state index in [2.05, 4.69) is 5.32 Å². The second-order valence-electron chi connectivity index (χ2n) is 3.48. The normalized spacial score (nSPS) is 9.83. The zero-order valence-electron chi connectivity index (χ0n) is 10.0. The number of nitrogens with one attached hydrogen (secondary N) is 1. The van der Waals surface area contributed by atoms with Crippen molar-refractivity contribution in [1.82, 2.24) is 0 Å². The number of ether oxygens (including phenoxy) is 2. The molecule has 0 saturated heterocycles. The van der Waals surface area contributed by atoms with Gasteiger partial charge in [0.25, 0.3) is 0 Å². The van der Waals surface area contributed by atoms with Gasteiger partial charge in [0.05, 0.1) is 6.61 Å². The fraction of sp³-hybridized carbons (Fsp3) is 0.333. The van der Waals surface area contributed by atoms with E-state index in [0.29, 0.717) is 24.7 Å². The van der Waals surface area contributed by atoms with Crippen molar-refractivity contribution in [3.8, 4) is 5.75 Å². The Morgan fingerprint density at radius 1 is 1.22 bits per heavy atom. The summed E-state index contributed by atoms with van der Waals surface area (Å²) in [4.78, 5) is 21.5. The zero-order chi connectivity index (χ0) is 13.4. The number of benzene rings is 1. The number of aliphatic carboxylic acids is 1. The molecule has 98 valence electrons. The number of hydrogen-bond acceptors (Lipinski definition) is 4. The van der Waals surface area contributed by atoms with Crippen LogP contribution in [0, 0.1) is 0 Å². The highest BCUT2D eigenvalue weighted by molar-refractivity contribution is 6.01. The van der Waals surface area contributed by atoms with Crippen LogP contribution in [0.2, 0.25) is 0 Å². The lowest BCUT2D eigenvalue weighted by Gasteiger charge is -2.07. The molecule has 0 fully saturated rings. The largest absolute Gasteiger partial charge is 0.491 e. The molecular weight excluding hydrogens is 238 g/mol. The minimum atomic E-state index is -1.16. The Labute approximate surface area is 105 Å². The molecule has 1 aromatic carbocycles. The van der Waals surface area contributed by atoms with Gasteiger partial charge in [-0.2, -0.15) is 0 Å². The van der Waals surface area contributed by atoms with Gasteiger partial charge in [-0.05, 0) is 24.3 Å². The van der Waals surface area contributed by atoms with Crippen LogP contribution in [0.25, 0.3) is 0 Å². The van der Waals surface area contributed by atoms with Crippen molar-refractivity contribution in [1.29, 1.82) is 0 Å². The first kappa shape index (κ1) is 14.0. The van der Waals surface area contributed by atoms with Gasteiger partial charge in [0.2, 0.25) is 5.91 Å². The SMILES string of the molecule is COCCOc1ccc(NC(=O)CC(=O)O)cc1. The third kappa shape index (κ3) is 5.31. The topological polar surface area (TPSA) is 84.9 Å². The molecule has 6 nitrogen and oxygen atoms in total. The first-order valence-corrected chi connectivity index (χ1v) is 5.35. The number of carboxylic acids is 1. The number of anilines is 1. The molecule has 1 aromatic rings. The van der Waals surface area contributed by atoms with Crippen LogP contribution < -0.4 is 10.1 Å². The summed E-state index contributed by atoms with van der Waals surface area (Å²) in [6, 6.07) is 6.65. The van der Waals surface area contributed by atoms with Crippen LogP contribution in [0.4, 0.5) is 5.69 Å². The van der Waals surface area contributed by atoms with E-state index in [9.17, 15) is 9.59 Å². The molecule has 2 N–H and O–H groups in total. The number of hydrogen-bond donors (Lipinski definition) is 2. The van der Waals surface area contributed by atoms with Gasteiger partial charge in [-0.3, -0.25) is 9.59 Å². The summed E-state index contributed by atoms with van der Waals surface area (Å²) in [6.07, 6.45) is -0.550.